The van der Waals surface area contributed by atoms with E-state index in [2.05, 4.69) is 77.5 Å². The molecular weight excluding hydrogens is 320 g/mol. The molecule has 0 saturated carbocycles. The van der Waals surface area contributed by atoms with Crippen molar-refractivity contribution in [3.05, 3.63) is 66.7 Å². The van der Waals surface area contributed by atoms with Crippen molar-refractivity contribution in [3.8, 4) is 0 Å². The SMILES string of the molecule is CCN(CC)c1cccc2c1Nc1cc(N)ccc1N2c1ccccc1. The van der Waals surface area contributed by atoms with Crippen molar-refractivity contribution in [2.24, 2.45) is 0 Å². The summed E-state index contributed by atoms with van der Waals surface area (Å²) < 4.78 is 0. The van der Waals surface area contributed by atoms with Crippen molar-refractivity contribution in [3.63, 3.8) is 0 Å². The van der Waals surface area contributed by atoms with Crippen molar-refractivity contribution >= 4 is 39.8 Å². The maximum absolute atomic E-state index is 6.07. The summed E-state index contributed by atoms with van der Waals surface area (Å²) >= 11 is 0. The summed E-state index contributed by atoms with van der Waals surface area (Å²) in [7, 11) is 0. The Bertz CT molecular complexity index is 917. The Labute approximate surface area is 154 Å². The third-order valence-electron chi connectivity index (χ3n) is 4.90. The molecule has 4 nitrogen and oxygen atoms in total. The molecule has 132 valence electrons. The lowest BCUT2D eigenvalue weighted by atomic mass is 10.1. The highest BCUT2D eigenvalue weighted by Gasteiger charge is 2.26. The van der Waals surface area contributed by atoms with Crippen molar-refractivity contribution in [1.29, 1.82) is 0 Å². The first-order valence-electron chi connectivity index (χ1n) is 9.12. The molecule has 4 rings (SSSR count). The number of rotatable bonds is 4. The number of fused-ring (bicyclic) bond motifs is 2. The molecule has 1 aliphatic rings. The highest BCUT2D eigenvalue weighted by molar-refractivity contribution is 6.01. The minimum atomic E-state index is 0.757. The Morgan fingerprint density at radius 2 is 1.65 bits per heavy atom. The van der Waals surface area contributed by atoms with Crippen molar-refractivity contribution < 1.29 is 0 Å². The molecule has 3 aromatic carbocycles. The monoisotopic (exact) mass is 344 g/mol. The molecule has 1 heterocycles. The summed E-state index contributed by atoms with van der Waals surface area (Å²) in [4.78, 5) is 4.67. The van der Waals surface area contributed by atoms with Gasteiger partial charge < -0.3 is 20.9 Å². The van der Waals surface area contributed by atoms with Gasteiger partial charge in [0.05, 0.1) is 28.4 Å². The molecular formula is C22H24N4. The third-order valence-corrected chi connectivity index (χ3v) is 4.90. The van der Waals surface area contributed by atoms with Crippen LogP contribution in [0.2, 0.25) is 0 Å². The number of para-hydroxylation sites is 2. The Morgan fingerprint density at radius 1 is 0.885 bits per heavy atom. The molecule has 0 bridgehead atoms. The summed E-state index contributed by atoms with van der Waals surface area (Å²) in [6.07, 6.45) is 0. The highest BCUT2D eigenvalue weighted by Crippen LogP contribution is 2.51. The largest absolute Gasteiger partial charge is 0.399 e. The fourth-order valence-electron chi connectivity index (χ4n) is 3.64. The standard InChI is InChI=1S/C22H24N4/c1-3-25(4-2)20-11-8-12-21-22(20)24-18-15-16(23)13-14-19(18)26(21)17-9-6-5-7-10-17/h5-15,24H,3-4,23H2,1-2H3. The number of anilines is 7. The van der Waals surface area contributed by atoms with Gasteiger partial charge in [-0.1, -0.05) is 24.3 Å². The Hall–Kier alpha value is -3.14. The highest BCUT2D eigenvalue weighted by atomic mass is 15.2. The summed E-state index contributed by atoms with van der Waals surface area (Å²) in [5.41, 5.74) is 13.6. The van der Waals surface area contributed by atoms with E-state index in [1.54, 1.807) is 0 Å². The lowest BCUT2D eigenvalue weighted by Gasteiger charge is -2.37. The van der Waals surface area contributed by atoms with E-state index in [4.69, 9.17) is 5.73 Å². The van der Waals surface area contributed by atoms with Gasteiger partial charge in [0.15, 0.2) is 0 Å². The number of nitrogens with one attached hydrogen (secondary N) is 1. The molecule has 0 fully saturated rings. The van der Waals surface area contributed by atoms with Gasteiger partial charge in [-0.05, 0) is 56.3 Å². The lowest BCUT2D eigenvalue weighted by Crippen LogP contribution is -2.25. The van der Waals surface area contributed by atoms with E-state index < -0.39 is 0 Å². The second-order valence-corrected chi connectivity index (χ2v) is 6.42. The van der Waals surface area contributed by atoms with Crippen LogP contribution in [-0.4, -0.2) is 13.1 Å². The predicted octanol–water partition coefficient (Wildman–Crippen LogP) is 5.64. The van der Waals surface area contributed by atoms with Crippen LogP contribution in [0.1, 0.15) is 13.8 Å². The second kappa shape index (κ2) is 6.64. The fourth-order valence-corrected chi connectivity index (χ4v) is 3.64. The van der Waals surface area contributed by atoms with E-state index in [1.165, 1.54) is 5.69 Å². The number of hydrogen-bond acceptors (Lipinski definition) is 4. The average Bonchev–Trinajstić information content (AvgIpc) is 2.68. The summed E-state index contributed by atoms with van der Waals surface area (Å²) in [5.74, 6) is 0. The number of benzene rings is 3. The first-order chi connectivity index (χ1) is 12.7. The quantitative estimate of drug-likeness (QED) is 0.470. The lowest BCUT2D eigenvalue weighted by molar-refractivity contribution is 0.867. The van der Waals surface area contributed by atoms with E-state index in [1.807, 2.05) is 18.2 Å². The molecule has 0 unspecified atom stereocenters. The molecule has 0 atom stereocenters. The van der Waals surface area contributed by atoms with E-state index in [-0.39, 0.29) is 0 Å². The van der Waals surface area contributed by atoms with Crippen LogP contribution in [-0.2, 0) is 0 Å². The molecule has 0 aromatic heterocycles. The minimum absolute atomic E-state index is 0.757. The van der Waals surface area contributed by atoms with Crippen LogP contribution in [0.4, 0.5) is 39.8 Å². The molecule has 0 amide bonds. The first kappa shape index (κ1) is 16.3. The zero-order valence-corrected chi connectivity index (χ0v) is 15.2. The smallest absolute Gasteiger partial charge is 0.0867 e. The molecule has 3 N–H and O–H groups in total. The van der Waals surface area contributed by atoms with Gasteiger partial charge in [-0.2, -0.15) is 0 Å². The molecule has 4 heteroatoms. The molecule has 0 aliphatic carbocycles. The maximum Gasteiger partial charge on any atom is 0.0867 e. The molecule has 0 spiro atoms. The van der Waals surface area contributed by atoms with E-state index in [0.29, 0.717) is 0 Å². The number of nitrogens with zero attached hydrogens (tertiary/aromatic N) is 2. The fraction of sp³-hybridized carbons (Fsp3) is 0.182. The van der Waals surface area contributed by atoms with Crippen LogP contribution in [0.5, 0.6) is 0 Å². The first-order valence-corrected chi connectivity index (χ1v) is 9.12. The van der Waals surface area contributed by atoms with Gasteiger partial charge >= 0.3 is 0 Å². The summed E-state index contributed by atoms with van der Waals surface area (Å²) in [6, 6.07) is 23.0. The molecule has 26 heavy (non-hydrogen) atoms. The van der Waals surface area contributed by atoms with Crippen LogP contribution < -0.4 is 20.9 Å². The van der Waals surface area contributed by atoms with Crippen LogP contribution >= 0.6 is 0 Å². The van der Waals surface area contributed by atoms with Gasteiger partial charge in [-0.25, -0.2) is 0 Å². The zero-order chi connectivity index (χ0) is 18.1. The van der Waals surface area contributed by atoms with Crippen molar-refractivity contribution in [1.82, 2.24) is 0 Å². The van der Waals surface area contributed by atoms with Crippen LogP contribution in [0.15, 0.2) is 66.7 Å². The number of nitrogen functional groups attached to an aromatic ring is 1. The van der Waals surface area contributed by atoms with Crippen LogP contribution in [0.25, 0.3) is 0 Å². The van der Waals surface area contributed by atoms with Gasteiger partial charge in [0, 0.05) is 24.5 Å². The molecule has 0 radical (unpaired) electrons. The van der Waals surface area contributed by atoms with Crippen molar-refractivity contribution in [2.45, 2.75) is 13.8 Å². The minimum Gasteiger partial charge on any atom is -0.399 e. The Balaban J connectivity index is 1.95. The van der Waals surface area contributed by atoms with Gasteiger partial charge in [0.25, 0.3) is 0 Å². The second-order valence-electron chi connectivity index (χ2n) is 6.42. The predicted molar refractivity (Wildman–Crippen MR) is 112 cm³/mol. The zero-order valence-electron chi connectivity index (χ0n) is 15.2. The maximum atomic E-state index is 6.07. The van der Waals surface area contributed by atoms with E-state index in [0.717, 1.165) is 47.2 Å². The third kappa shape index (κ3) is 2.64. The van der Waals surface area contributed by atoms with Crippen molar-refractivity contribution in [2.75, 3.05) is 33.9 Å². The van der Waals surface area contributed by atoms with E-state index in [9.17, 15) is 0 Å². The molecule has 3 aromatic rings. The summed E-state index contributed by atoms with van der Waals surface area (Å²) in [5, 5.41) is 3.64. The average molecular weight is 344 g/mol. The van der Waals surface area contributed by atoms with Gasteiger partial charge in [-0.15, -0.1) is 0 Å². The number of nitrogens with two attached hydrogens (primary N) is 1. The van der Waals surface area contributed by atoms with Gasteiger partial charge in [0.1, 0.15) is 0 Å². The Kier molecular flexibility index (Phi) is 4.17. The summed E-state index contributed by atoms with van der Waals surface area (Å²) in [6.45, 7) is 6.30. The van der Waals surface area contributed by atoms with Gasteiger partial charge in [-0.3, -0.25) is 0 Å². The number of hydrogen-bond donors (Lipinski definition) is 2. The van der Waals surface area contributed by atoms with Crippen LogP contribution in [0, 0.1) is 0 Å². The Morgan fingerprint density at radius 3 is 2.38 bits per heavy atom. The topological polar surface area (TPSA) is 44.5 Å². The molecule has 0 saturated heterocycles. The van der Waals surface area contributed by atoms with Crippen LogP contribution in [0.3, 0.4) is 0 Å². The molecule has 1 aliphatic heterocycles. The van der Waals surface area contributed by atoms with E-state index >= 15 is 0 Å². The van der Waals surface area contributed by atoms with Gasteiger partial charge in [0.2, 0.25) is 0 Å². The normalized spacial score (nSPS) is 12.2.